The molecule has 0 aromatic rings. The Labute approximate surface area is 280 Å². The Bertz CT molecular complexity index is 1190. The predicted molar refractivity (Wildman–Crippen MR) is 174 cm³/mol. The van der Waals surface area contributed by atoms with Gasteiger partial charge in [-0.2, -0.15) is 0 Å². The van der Waals surface area contributed by atoms with Crippen LogP contribution in [0.5, 0.6) is 0 Å². The second-order valence-electron chi connectivity index (χ2n) is 15.3. The fourth-order valence-corrected chi connectivity index (χ4v) is 8.71. The van der Waals surface area contributed by atoms with E-state index in [-0.39, 0.29) is 43.1 Å². The SMILES string of the molecule is C=CCO[C@]1(C)C[C@@H](C)CN2CN3C(=O)O[C@](C)([C@@H](CC)OC(=O)C(C)(F)C(=O)[C@H](C)C1O[C@@H]1OC(C)CC(N(C)C)C1C)[C@H]3[C@H]2C. The molecule has 47 heavy (non-hydrogen) atoms. The van der Waals surface area contributed by atoms with Gasteiger partial charge >= 0.3 is 12.1 Å². The number of alkyl halides is 1. The molecule has 0 aliphatic carbocycles. The summed E-state index contributed by atoms with van der Waals surface area (Å²) in [5.74, 6) is -3.53. The normalized spacial score (nSPS) is 46.5. The summed E-state index contributed by atoms with van der Waals surface area (Å²) in [6.45, 7) is 21.0. The maximum absolute atomic E-state index is 16.7. The first-order chi connectivity index (χ1) is 21.8. The van der Waals surface area contributed by atoms with E-state index in [1.165, 1.54) is 0 Å². The van der Waals surface area contributed by atoms with Gasteiger partial charge in [-0.15, -0.1) is 6.58 Å². The minimum atomic E-state index is -3.02. The van der Waals surface area contributed by atoms with Crippen molar-refractivity contribution >= 4 is 17.8 Å². The van der Waals surface area contributed by atoms with Gasteiger partial charge in [-0.3, -0.25) is 14.6 Å². The highest BCUT2D eigenvalue weighted by molar-refractivity contribution is 6.07. The number of esters is 1. The number of amides is 1. The van der Waals surface area contributed by atoms with E-state index in [9.17, 15) is 14.4 Å². The van der Waals surface area contributed by atoms with Crippen molar-refractivity contribution in [3.8, 4) is 0 Å². The minimum absolute atomic E-state index is 0.0112. The second-order valence-corrected chi connectivity index (χ2v) is 15.3. The highest BCUT2D eigenvalue weighted by atomic mass is 19.1. The molecule has 11 nitrogen and oxygen atoms in total. The molecule has 4 saturated heterocycles. The largest absolute Gasteiger partial charge is 0.455 e. The molecule has 0 N–H and O–H groups in total. The maximum atomic E-state index is 16.7. The minimum Gasteiger partial charge on any atom is -0.455 e. The van der Waals surface area contributed by atoms with Crippen molar-refractivity contribution in [1.29, 1.82) is 0 Å². The molecule has 0 aromatic carbocycles. The van der Waals surface area contributed by atoms with Gasteiger partial charge in [-0.25, -0.2) is 14.0 Å². The summed E-state index contributed by atoms with van der Waals surface area (Å²) >= 11 is 0. The Kier molecular flexibility index (Phi) is 11.2. The van der Waals surface area contributed by atoms with E-state index in [1.54, 1.807) is 31.7 Å². The topological polar surface area (TPSA) is 107 Å². The van der Waals surface area contributed by atoms with Gasteiger partial charge in [0.15, 0.2) is 17.7 Å². The number of halogens is 1. The van der Waals surface area contributed by atoms with E-state index in [0.29, 0.717) is 19.6 Å². The fourth-order valence-electron chi connectivity index (χ4n) is 8.71. The van der Waals surface area contributed by atoms with Crippen molar-refractivity contribution in [2.24, 2.45) is 17.8 Å². The number of hydrogen-bond donors (Lipinski definition) is 0. The summed E-state index contributed by atoms with van der Waals surface area (Å²) in [5.41, 5.74) is -5.39. The molecule has 4 rings (SSSR count). The van der Waals surface area contributed by atoms with Crippen LogP contribution in [0.1, 0.15) is 81.6 Å². The van der Waals surface area contributed by atoms with Crippen LogP contribution in [0.15, 0.2) is 12.7 Å². The van der Waals surface area contributed by atoms with E-state index in [0.717, 1.165) is 13.3 Å². The number of nitrogens with zero attached hydrogens (tertiary/aromatic N) is 3. The molecule has 4 heterocycles. The Balaban J connectivity index is 1.81. The van der Waals surface area contributed by atoms with E-state index in [1.807, 2.05) is 41.8 Å². The molecule has 0 saturated carbocycles. The van der Waals surface area contributed by atoms with Crippen LogP contribution in [-0.4, -0.2) is 126 Å². The molecule has 0 spiro atoms. The number of ether oxygens (including phenoxy) is 5. The molecule has 12 heteroatoms. The standard InChI is InChI=1S/C35H58FN3O8/c1-13-15-43-33(8)17-20(3)18-38-19-39-27(24(38)7)35(10,47-32(39)42)26(14-2)45-31(41)34(9,36)28(40)23(6)29(33)46-30-22(5)25(37(11)12)16-21(4)44-30/h13,20-27,29-30H,1,14-19H2,2-12H3/t20-,21?,22?,23+,24-,25?,26-,27-,29?,30+,33-,34?,35-/m1/s1. The molecule has 268 valence electrons. The van der Waals surface area contributed by atoms with Crippen LogP contribution >= 0.6 is 0 Å². The van der Waals surface area contributed by atoms with Crippen LogP contribution in [0.25, 0.3) is 0 Å². The number of carbonyl (C=O) groups excluding carboxylic acids is 3. The van der Waals surface area contributed by atoms with Gasteiger partial charge in [-0.05, 0) is 73.9 Å². The second kappa shape index (κ2) is 14.0. The molecule has 2 bridgehead atoms. The summed E-state index contributed by atoms with van der Waals surface area (Å²) < 4.78 is 48.1. The number of fused-ring (bicyclic) bond motifs is 1. The third-order valence-corrected chi connectivity index (χ3v) is 11.2. The molecule has 6 unspecified atom stereocenters. The zero-order valence-corrected chi connectivity index (χ0v) is 30.3. The van der Waals surface area contributed by atoms with Gasteiger partial charge in [0, 0.05) is 30.5 Å². The number of rotatable bonds is 7. The van der Waals surface area contributed by atoms with Crippen molar-refractivity contribution < 1.29 is 42.5 Å². The summed E-state index contributed by atoms with van der Waals surface area (Å²) in [6.07, 6.45) is -0.214. The van der Waals surface area contributed by atoms with Crippen LogP contribution in [0.2, 0.25) is 0 Å². The van der Waals surface area contributed by atoms with Crippen LogP contribution in [0.3, 0.4) is 0 Å². The van der Waals surface area contributed by atoms with Gasteiger partial charge in [0.2, 0.25) is 0 Å². The van der Waals surface area contributed by atoms with Crippen molar-refractivity contribution in [3.63, 3.8) is 0 Å². The lowest BCUT2D eigenvalue weighted by Crippen LogP contribution is -2.59. The summed E-state index contributed by atoms with van der Waals surface area (Å²) in [5, 5.41) is 0. The first-order valence-corrected chi connectivity index (χ1v) is 17.2. The summed E-state index contributed by atoms with van der Waals surface area (Å²) in [4.78, 5) is 47.1. The van der Waals surface area contributed by atoms with Crippen molar-refractivity contribution in [3.05, 3.63) is 12.7 Å². The third kappa shape index (κ3) is 7.00. The average Bonchev–Trinajstić information content (AvgIpc) is 3.46. The van der Waals surface area contributed by atoms with Gasteiger partial charge in [0.1, 0.15) is 6.10 Å². The zero-order chi connectivity index (χ0) is 35.2. The average molecular weight is 668 g/mol. The summed E-state index contributed by atoms with van der Waals surface area (Å²) in [7, 11) is 4.03. The van der Waals surface area contributed by atoms with E-state index in [4.69, 9.17) is 23.7 Å². The first kappa shape index (κ1) is 37.7. The van der Waals surface area contributed by atoms with Crippen LogP contribution in [0, 0.1) is 17.8 Å². The number of cyclic esters (lactones) is 1. The smallest absolute Gasteiger partial charge is 0.412 e. The van der Waals surface area contributed by atoms with Gasteiger partial charge in [-0.1, -0.05) is 33.8 Å². The highest BCUT2D eigenvalue weighted by Crippen LogP contribution is 2.44. The molecule has 14 atom stereocenters. The summed E-state index contributed by atoms with van der Waals surface area (Å²) in [6, 6.07) is -0.455. The number of ketones is 1. The van der Waals surface area contributed by atoms with Gasteiger partial charge in [0.25, 0.3) is 5.67 Å². The molecule has 4 aliphatic heterocycles. The van der Waals surface area contributed by atoms with E-state index >= 15 is 4.39 Å². The molecule has 0 aromatic heterocycles. The monoisotopic (exact) mass is 667 g/mol. The quantitative estimate of drug-likeness (QED) is 0.218. The van der Waals surface area contributed by atoms with E-state index in [2.05, 4.69) is 23.3 Å². The van der Waals surface area contributed by atoms with Crippen molar-refractivity contribution in [2.45, 2.75) is 141 Å². The van der Waals surface area contributed by atoms with E-state index < -0.39 is 65.2 Å². The molecular weight excluding hydrogens is 609 g/mol. The number of Topliss-reactive ketones (excluding diaryl/α,β-unsaturated/α-hetero) is 1. The lowest BCUT2D eigenvalue weighted by atomic mass is 9.77. The zero-order valence-electron chi connectivity index (χ0n) is 30.3. The van der Waals surface area contributed by atoms with Crippen molar-refractivity contribution in [2.75, 3.05) is 33.9 Å². The number of carbonyl (C=O) groups is 3. The molecule has 0 radical (unpaired) electrons. The molecule has 1 amide bonds. The fraction of sp³-hybridized carbons (Fsp3) is 0.857. The third-order valence-electron chi connectivity index (χ3n) is 11.2. The Hall–Kier alpha value is -2.12. The molecule has 4 fully saturated rings. The Morgan fingerprint density at radius 2 is 1.77 bits per heavy atom. The Morgan fingerprint density at radius 1 is 1.11 bits per heavy atom. The van der Waals surface area contributed by atoms with Crippen molar-refractivity contribution in [1.82, 2.24) is 14.7 Å². The Morgan fingerprint density at radius 3 is 2.36 bits per heavy atom. The van der Waals surface area contributed by atoms with Crippen LogP contribution in [-0.2, 0) is 33.3 Å². The van der Waals surface area contributed by atoms with Crippen LogP contribution in [0.4, 0.5) is 9.18 Å². The first-order valence-electron chi connectivity index (χ1n) is 17.2. The molecular formula is C35H58FN3O8. The van der Waals surface area contributed by atoms with Crippen LogP contribution < -0.4 is 0 Å². The molecule has 4 aliphatic rings. The lowest BCUT2D eigenvalue weighted by Gasteiger charge is -2.48. The lowest BCUT2D eigenvalue weighted by molar-refractivity contribution is -0.283. The highest BCUT2D eigenvalue weighted by Gasteiger charge is 2.63. The van der Waals surface area contributed by atoms with Gasteiger partial charge < -0.3 is 28.6 Å². The number of hydrogen-bond acceptors (Lipinski definition) is 10. The van der Waals surface area contributed by atoms with Gasteiger partial charge in [0.05, 0.1) is 37.1 Å². The maximum Gasteiger partial charge on any atom is 0.412 e. The predicted octanol–water partition coefficient (Wildman–Crippen LogP) is 4.57.